The molecule has 27 heavy (non-hydrogen) atoms. The third-order valence-electron chi connectivity index (χ3n) is 4.47. The van der Waals surface area contributed by atoms with E-state index >= 15 is 0 Å². The van der Waals surface area contributed by atoms with Crippen LogP contribution in [0.25, 0.3) is 0 Å². The Kier molecular flexibility index (Phi) is 6.76. The van der Waals surface area contributed by atoms with Crippen LogP contribution in [-0.2, 0) is 26.2 Å². The Bertz CT molecular complexity index is 794. The number of nitro groups is 1. The second-order valence-corrected chi connectivity index (χ2v) is 6.12. The van der Waals surface area contributed by atoms with E-state index in [-0.39, 0.29) is 18.6 Å². The summed E-state index contributed by atoms with van der Waals surface area (Å²) in [6.45, 7) is 0.733. The lowest BCUT2D eigenvalue weighted by Crippen LogP contribution is -2.51. The number of rotatable bonds is 9. The second-order valence-electron chi connectivity index (χ2n) is 6.12. The third-order valence-corrected chi connectivity index (χ3v) is 4.47. The number of hydrogen-bond donors (Lipinski definition) is 0. The van der Waals surface area contributed by atoms with Crippen LogP contribution >= 0.6 is 0 Å². The van der Waals surface area contributed by atoms with Crippen molar-refractivity contribution in [3.05, 3.63) is 81.7 Å². The van der Waals surface area contributed by atoms with E-state index in [9.17, 15) is 24.1 Å². The van der Waals surface area contributed by atoms with Crippen LogP contribution in [-0.4, -0.2) is 30.3 Å². The van der Waals surface area contributed by atoms with Crippen molar-refractivity contribution in [3.63, 3.8) is 0 Å². The number of ether oxygens (including phenoxy) is 1. The SMILES string of the molecule is CCOC(=O)[C@](C[N+](=O)[O-])(c1ccc(F)cc1)[C@@H](C=O)Cc1ccccc1. The summed E-state index contributed by atoms with van der Waals surface area (Å²) in [6, 6.07) is 13.7. The summed E-state index contributed by atoms with van der Waals surface area (Å²) >= 11 is 0. The van der Waals surface area contributed by atoms with E-state index in [1.54, 1.807) is 37.3 Å². The summed E-state index contributed by atoms with van der Waals surface area (Å²) in [5.41, 5.74) is -0.939. The standard InChI is InChI=1S/C20H20FNO5/c1-2-27-19(24)20(14-22(25)26,16-8-10-18(21)11-9-16)17(13-23)12-15-6-4-3-5-7-15/h3-11,13,17H,2,12,14H2,1H3/t17-,20-/m1/s1. The molecule has 0 aliphatic heterocycles. The first-order valence-electron chi connectivity index (χ1n) is 8.48. The lowest BCUT2D eigenvalue weighted by molar-refractivity contribution is -0.490. The first-order valence-corrected chi connectivity index (χ1v) is 8.48. The maximum atomic E-state index is 13.4. The number of aldehydes is 1. The number of benzene rings is 2. The van der Waals surface area contributed by atoms with Crippen LogP contribution in [0, 0.1) is 21.8 Å². The average Bonchev–Trinajstić information content (AvgIpc) is 2.66. The van der Waals surface area contributed by atoms with Crippen molar-refractivity contribution in [2.24, 2.45) is 5.92 Å². The monoisotopic (exact) mass is 373 g/mol. The fraction of sp³-hybridized carbons (Fsp3) is 0.300. The van der Waals surface area contributed by atoms with Gasteiger partial charge in [-0.05, 0) is 36.6 Å². The molecule has 0 spiro atoms. The van der Waals surface area contributed by atoms with Gasteiger partial charge < -0.3 is 9.53 Å². The molecule has 2 aromatic rings. The van der Waals surface area contributed by atoms with Gasteiger partial charge in [-0.1, -0.05) is 42.5 Å². The summed E-state index contributed by atoms with van der Waals surface area (Å²) in [4.78, 5) is 35.7. The Morgan fingerprint density at radius 1 is 1.22 bits per heavy atom. The van der Waals surface area contributed by atoms with Gasteiger partial charge in [0.15, 0.2) is 5.41 Å². The predicted octanol–water partition coefficient (Wildman–Crippen LogP) is 2.96. The van der Waals surface area contributed by atoms with Crippen molar-refractivity contribution >= 4 is 12.3 Å². The highest BCUT2D eigenvalue weighted by Crippen LogP contribution is 2.36. The molecule has 0 aromatic heterocycles. The highest BCUT2D eigenvalue weighted by Gasteiger charge is 2.53. The molecule has 2 atom stereocenters. The Labute approximate surface area is 156 Å². The number of hydrogen-bond acceptors (Lipinski definition) is 5. The minimum atomic E-state index is -1.86. The summed E-state index contributed by atoms with van der Waals surface area (Å²) in [5, 5.41) is 11.4. The van der Waals surface area contributed by atoms with Crippen molar-refractivity contribution in [2.75, 3.05) is 13.2 Å². The van der Waals surface area contributed by atoms with Gasteiger partial charge in [-0.25, -0.2) is 4.39 Å². The fourth-order valence-corrected chi connectivity index (χ4v) is 3.17. The van der Waals surface area contributed by atoms with Gasteiger partial charge in [-0.3, -0.25) is 14.9 Å². The number of carbonyl (C=O) groups is 2. The number of nitrogens with zero attached hydrogens (tertiary/aromatic N) is 1. The summed E-state index contributed by atoms with van der Waals surface area (Å²) in [5.74, 6) is -2.49. The van der Waals surface area contributed by atoms with Gasteiger partial charge in [-0.15, -0.1) is 0 Å². The van der Waals surface area contributed by atoms with Crippen molar-refractivity contribution in [3.8, 4) is 0 Å². The van der Waals surface area contributed by atoms with E-state index in [1.165, 1.54) is 12.1 Å². The quantitative estimate of drug-likeness (QED) is 0.292. The number of carbonyl (C=O) groups excluding carboxylic acids is 2. The maximum absolute atomic E-state index is 13.4. The van der Waals surface area contributed by atoms with Crippen LogP contribution in [0.1, 0.15) is 18.1 Å². The molecule has 0 heterocycles. The molecule has 0 N–H and O–H groups in total. The minimum Gasteiger partial charge on any atom is -0.465 e. The van der Waals surface area contributed by atoms with Gasteiger partial charge in [0.1, 0.15) is 12.1 Å². The van der Waals surface area contributed by atoms with Crippen molar-refractivity contribution < 1.29 is 23.6 Å². The first-order chi connectivity index (χ1) is 12.9. The molecule has 0 aliphatic carbocycles. The average molecular weight is 373 g/mol. The molecule has 0 aliphatic rings. The van der Waals surface area contributed by atoms with E-state index in [4.69, 9.17) is 4.74 Å². The predicted molar refractivity (Wildman–Crippen MR) is 96.3 cm³/mol. The normalized spacial score (nSPS) is 14.0. The molecule has 0 saturated heterocycles. The van der Waals surface area contributed by atoms with Crippen LogP contribution in [0.15, 0.2) is 54.6 Å². The zero-order valence-corrected chi connectivity index (χ0v) is 14.8. The van der Waals surface area contributed by atoms with Crippen molar-refractivity contribution in [1.82, 2.24) is 0 Å². The molecule has 0 fully saturated rings. The molecular formula is C20H20FNO5. The minimum absolute atomic E-state index is 0.00357. The molecule has 142 valence electrons. The van der Waals surface area contributed by atoms with Crippen molar-refractivity contribution in [1.29, 1.82) is 0 Å². The zero-order chi connectivity index (χ0) is 19.9. The molecule has 0 saturated carbocycles. The van der Waals surface area contributed by atoms with E-state index in [0.29, 0.717) is 6.29 Å². The molecule has 2 rings (SSSR count). The van der Waals surface area contributed by atoms with Gasteiger partial charge in [0.05, 0.1) is 6.61 Å². The lowest BCUT2D eigenvalue weighted by Gasteiger charge is -2.33. The molecular weight excluding hydrogens is 353 g/mol. The Morgan fingerprint density at radius 3 is 2.37 bits per heavy atom. The lowest BCUT2D eigenvalue weighted by atomic mass is 9.68. The molecule has 0 amide bonds. The summed E-state index contributed by atoms with van der Waals surface area (Å²) < 4.78 is 18.5. The Morgan fingerprint density at radius 2 is 1.85 bits per heavy atom. The third kappa shape index (κ3) is 4.55. The van der Waals surface area contributed by atoms with Crippen LogP contribution in [0.2, 0.25) is 0 Å². The van der Waals surface area contributed by atoms with Crippen LogP contribution in [0.3, 0.4) is 0 Å². The van der Waals surface area contributed by atoms with E-state index < -0.39 is 34.6 Å². The zero-order valence-electron chi connectivity index (χ0n) is 14.8. The largest absolute Gasteiger partial charge is 0.465 e. The van der Waals surface area contributed by atoms with Gasteiger partial charge in [0.2, 0.25) is 6.54 Å². The van der Waals surface area contributed by atoms with Gasteiger partial charge in [-0.2, -0.15) is 0 Å². The van der Waals surface area contributed by atoms with Crippen LogP contribution in [0.5, 0.6) is 0 Å². The Balaban J connectivity index is 2.62. The second kappa shape index (κ2) is 9.02. The number of halogens is 1. The van der Waals surface area contributed by atoms with Crippen LogP contribution < -0.4 is 0 Å². The van der Waals surface area contributed by atoms with E-state index in [0.717, 1.165) is 17.7 Å². The topological polar surface area (TPSA) is 86.5 Å². The van der Waals surface area contributed by atoms with Gasteiger partial charge in [0.25, 0.3) is 0 Å². The highest BCUT2D eigenvalue weighted by molar-refractivity contribution is 5.87. The molecule has 7 heteroatoms. The van der Waals surface area contributed by atoms with Crippen molar-refractivity contribution in [2.45, 2.75) is 18.8 Å². The van der Waals surface area contributed by atoms with E-state index in [2.05, 4.69) is 0 Å². The van der Waals surface area contributed by atoms with Crippen LogP contribution in [0.4, 0.5) is 4.39 Å². The van der Waals surface area contributed by atoms with Gasteiger partial charge in [0, 0.05) is 10.8 Å². The van der Waals surface area contributed by atoms with E-state index in [1.807, 2.05) is 0 Å². The molecule has 0 unspecified atom stereocenters. The Hall–Kier alpha value is -3.09. The first kappa shape index (κ1) is 20.2. The number of esters is 1. The molecule has 2 aromatic carbocycles. The smallest absolute Gasteiger partial charge is 0.324 e. The molecule has 0 radical (unpaired) electrons. The summed E-state index contributed by atoms with van der Waals surface area (Å²) in [6.07, 6.45) is 0.644. The highest BCUT2D eigenvalue weighted by atomic mass is 19.1. The van der Waals surface area contributed by atoms with Gasteiger partial charge >= 0.3 is 5.97 Å². The molecule has 6 nitrogen and oxygen atoms in total. The molecule has 0 bridgehead atoms. The summed E-state index contributed by atoms with van der Waals surface area (Å²) in [7, 11) is 0. The maximum Gasteiger partial charge on any atom is 0.324 e. The fourth-order valence-electron chi connectivity index (χ4n) is 3.17.